The van der Waals surface area contributed by atoms with Crippen molar-refractivity contribution >= 4 is 51.9 Å². The minimum Gasteiger partial charge on any atom is -0.508 e. The zero-order valence-electron chi connectivity index (χ0n) is 36.3. The first-order valence-corrected chi connectivity index (χ1v) is 22.1. The van der Waals surface area contributed by atoms with Crippen LogP contribution in [0.25, 0.3) is 33.4 Å². The van der Waals surface area contributed by atoms with Gasteiger partial charge in [0.25, 0.3) is 11.6 Å². The maximum absolute atomic E-state index is 12.6. The van der Waals surface area contributed by atoms with Gasteiger partial charge in [-0.25, -0.2) is 14.4 Å². The van der Waals surface area contributed by atoms with Crippen LogP contribution in [0.15, 0.2) is 63.8 Å². The minimum atomic E-state index is -2.92. The number of carbonyl (C=O) groups is 3. The summed E-state index contributed by atoms with van der Waals surface area (Å²) >= 11 is 5.46. The Bertz CT molecular complexity index is 2470. The molecule has 0 amide bonds. The van der Waals surface area contributed by atoms with Crippen LogP contribution in [0.3, 0.4) is 0 Å². The van der Waals surface area contributed by atoms with Crippen LogP contribution in [0.1, 0.15) is 61.7 Å². The molecule has 0 saturated carbocycles. The second-order valence-corrected chi connectivity index (χ2v) is 17.0. The third kappa shape index (κ3) is 11.5. The Hall–Kier alpha value is -5.41. The standard InChI is InChI=1S/C45H54N2O20S/c48-20-31(54)38-36(55)30(53)19-45(66-38,42(61)62)65-34(21-49)39-37(56)29(52)18-44(67-39,41(59)60)63-14-6-4-2-1-3-5-13-46-43(68)47-22-7-10-25(28(15-22)40(57)58)35-26-11-8-23(50)16-32(26)64-33-17-24(51)9-12-27(33)35/h7-12,15-17,29-31,34,36-39,48-50,52-56H,1-6,13-14,18-21H2,(H,57,58)(H,59,60)(H,61,62)(H2,46,47,68)/t29-,30-,31-,34-,36-,37-,38-,39-,44+,45+/m1/s1. The first-order chi connectivity index (χ1) is 32.3. The number of carboxylic acid groups (broad SMARTS) is 3. The number of fused-ring (bicyclic) bond motifs is 2. The Morgan fingerprint density at radius 2 is 1.41 bits per heavy atom. The van der Waals surface area contributed by atoms with Gasteiger partial charge in [-0.1, -0.05) is 31.7 Å². The van der Waals surface area contributed by atoms with Crippen LogP contribution in [0.2, 0.25) is 0 Å². The number of hydrogen-bond donors (Lipinski definition) is 13. The number of aliphatic hydroxyl groups is 7. The summed E-state index contributed by atoms with van der Waals surface area (Å²) in [6.07, 6.45) is -13.1. The third-order valence-corrected chi connectivity index (χ3v) is 12.1. The molecule has 2 aromatic rings. The monoisotopic (exact) mass is 974 g/mol. The molecule has 3 aliphatic heterocycles. The Balaban J connectivity index is 0.970. The predicted octanol–water partition coefficient (Wildman–Crippen LogP) is 0.926. The summed E-state index contributed by atoms with van der Waals surface area (Å²) in [6.45, 7) is -1.86. The van der Waals surface area contributed by atoms with Gasteiger partial charge in [-0.3, -0.25) is 4.79 Å². The molecule has 22 nitrogen and oxygen atoms in total. The van der Waals surface area contributed by atoms with Crippen LogP contribution in [0.5, 0.6) is 5.75 Å². The Morgan fingerprint density at radius 3 is 2.07 bits per heavy atom. The van der Waals surface area contributed by atoms with Gasteiger partial charge in [0, 0.05) is 53.7 Å². The average Bonchev–Trinajstić information content (AvgIpc) is 3.29. The van der Waals surface area contributed by atoms with E-state index in [1.54, 1.807) is 24.3 Å². The molecule has 23 heteroatoms. The number of ether oxygens (including phenoxy) is 4. The molecule has 1 aliphatic carbocycles. The number of aliphatic carboxylic acids is 2. The van der Waals surface area contributed by atoms with Crippen molar-refractivity contribution in [2.45, 2.75) is 112 Å². The molecule has 6 rings (SSSR count). The normalized spacial score (nSPS) is 26.0. The fraction of sp³-hybridized carbons (Fsp3) is 0.489. The zero-order valence-corrected chi connectivity index (χ0v) is 37.1. The molecule has 10 atom stereocenters. The highest BCUT2D eigenvalue weighted by atomic mass is 32.1. The number of nitrogens with one attached hydrogen (secondary N) is 2. The maximum Gasteiger partial charge on any atom is 0.364 e. The maximum atomic E-state index is 12.6. The predicted molar refractivity (Wildman–Crippen MR) is 240 cm³/mol. The topological polar surface area (TPSA) is 365 Å². The van der Waals surface area contributed by atoms with Gasteiger partial charge in [-0.05, 0) is 67.0 Å². The lowest BCUT2D eigenvalue weighted by molar-refractivity contribution is -0.367. The van der Waals surface area contributed by atoms with E-state index in [1.165, 1.54) is 30.3 Å². The van der Waals surface area contributed by atoms with Crippen molar-refractivity contribution in [3.05, 3.63) is 70.4 Å². The molecule has 0 radical (unpaired) electrons. The van der Waals surface area contributed by atoms with Crippen molar-refractivity contribution in [1.82, 2.24) is 5.32 Å². The quantitative estimate of drug-likeness (QED) is 0.0314. The van der Waals surface area contributed by atoms with Gasteiger partial charge in [0.1, 0.15) is 53.7 Å². The van der Waals surface area contributed by atoms with Crippen molar-refractivity contribution in [2.24, 2.45) is 0 Å². The van der Waals surface area contributed by atoms with Crippen molar-refractivity contribution in [1.29, 1.82) is 0 Å². The number of thiocarbonyl (C=S) groups is 1. The zero-order chi connectivity index (χ0) is 49.5. The van der Waals surface area contributed by atoms with Gasteiger partial charge in [0.2, 0.25) is 0 Å². The van der Waals surface area contributed by atoms with Gasteiger partial charge in [0.05, 0.1) is 37.6 Å². The summed E-state index contributed by atoms with van der Waals surface area (Å²) in [7, 11) is 0. The number of unbranched alkanes of at least 4 members (excludes halogenated alkanes) is 5. The van der Waals surface area contributed by atoms with E-state index in [0.717, 1.165) is 12.8 Å². The van der Waals surface area contributed by atoms with Crippen LogP contribution < -0.4 is 16.1 Å². The molecule has 0 bridgehead atoms. The van der Waals surface area contributed by atoms with E-state index in [1.807, 2.05) is 0 Å². The van der Waals surface area contributed by atoms with E-state index in [4.69, 9.17) is 35.6 Å². The van der Waals surface area contributed by atoms with Gasteiger partial charge in [0.15, 0.2) is 10.5 Å². The highest BCUT2D eigenvalue weighted by Crippen LogP contribution is 2.43. The first kappa shape index (κ1) is 52.0. The highest BCUT2D eigenvalue weighted by molar-refractivity contribution is 7.80. The van der Waals surface area contributed by atoms with Gasteiger partial charge < -0.3 is 90.2 Å². The summed E-state index contributed by atoms with van der Waals surface area (Å²) in [6, 6.07) is 13.4. The average molecular weight is 975 g/mol. The first-order valence-electron chi connectivity index (χ1n) is 21.7. The molecule has 2 aromatic carbocycles. The van der Waals surface area contributed by atoms with Crippen LogP contribution in [-0.4, -0.2) is 166 Å². The van der Waals surface area contributed by atoms with E-state index in [9.17, 15) is 75.3 Å². The number of aliphatic hydroxyl groups excluding tert-OH is 7. The van der Waals surface area contributed by atoms with E-state index in [0.29, 0.717) is 60.0 Å². The van der Waals surface area contributed by atoms with Gasteiger partial charge >= 0.3 is 17.9 Å². The lowest BCUT2D eigenvalue weighted by atomic mass is 9.90. The van der Waals surface area contributed by atoms with Crippen LogP contribution in [-0.2, 0) is 28.5 Å². The number of phenolic OH excluding ortho intramolecular Hbond substituents is 1. The summed E-state index contributed by atoms with van der Waals surface area (Å²) in [5.41, 5.74) is 1.66. The van der Waals surface area contributed by atoms with Crippen molar-refractivity contribution in [2.75, 3.05) is 31.7 Å². The van der Waals surface area contributed by atoms with E-state index < -0.39 is 104 Å². The number of rotatable bonds is 21. The number of benzene rings is 3. The largest absolute Gasteiger partial charge is 0.508 e. The summed E-state index contributed by atoms with van der Waals surface area (Å²) < 4.78 is 28.0. The molecule has 4 aliphatic rings. The van der Waals surface area contributed by atoms with Crippen LogP contribution in [0.4, 0.5) is 5.69 Å². The number of aromatic carboxylic acids is 1. The highest BCUT2D eigenvalue weighted by Gasteiger charge is 2.59. The Kier molecular flexibility index (Phi) is 17.1. The molecule has 3 heterocycles. The molecule has 13 N–H and O–H groups in total. The molecule has 2 fully saturated rings. The Labute approximate surface area is 392 Å². The fourth-order valence-electron chi connectivity index (χ4n) is 8.34. The summed E-state index contributed by atoms with van der Waals surface area (Å²) in [5, 5.41) is 119. The number of carboxylic acids is 3. The lowest BCUT2D eigenvalue weighted by Gasteiger charge is -2.48. The SMILES string of the molecule is O=C(O)c1cc(NC(=S)NCCCCCCCCO[C@@]2(C(=O)O)C[C@@H](O)[C@@H](O)[C@@H]([C@@H](CO)O[C@@]3(C(=O)O)C[C@@H](O)[C@@H](O)[C@@H]([C@H](O)CO)O3)O2)ccc1-c1c2ccc(=O)cc-2oc2cc(O)ccc12. The summed E-state index contributed by atoms with van der Waals surface area (Å²) in [5.74, 6) is -10.2. The molecule has 0 aromatic heterocycles. The van der Waals surface area contributed by atoms with Crippen LogP contribution in [0, 0.1) is 0 Å². The molecular weight excluding hydrogens is 921 g/mol. The smallest absolute Gasteiger partial charge is 0.364 e. The molecular formula is C45H54N2O20S. The van der Waals surface area contributed by atoms with Crippen molar-refractivity contribution < 1.29 is 93.9 Å². The molecule has 0 spiro atoms. The molecule has 370 valence electrons. The van der Waals surface area contributed by atoms with Gasteiger partial charge in [-0.15, -0.1) is 0 Å². The minimum absolute atomic E-state index is 0.0519. The number of aromatic hydroxyl groups is 1. The second kappa shape index (κ2) is 22.3. The van der Waals surface area contributed by atoms with E-state index in [-0.39, 0.29) is 39.8 Å². The van der Waals surface area contributed by atoms with Crippen molar-refractivity contribution in [3.63, 3.8) is 0 Å². The van der Waals surface area contributed by atoms with E-state index in [2.05, 4.69) is 10.6 Å². The number of hydrogen-bond acceptors (Lipinski definition) is 18. The lowest BCUT2D eigenvalue weighted by Crippen LogP contribution is -2.67. The molecule has 68 heavy (non-hydrogen) atoms. The third-order valence-electron chi connectivity index (χ3n) is 11.8. The number of phenols is 1. The second-order valence-electron chi connectivity index (χ2n) is 16.6. The number of anilines is 1. The van der Waals surface area contributed by atoms with Gasteiger partial charge in [-0.2, -0.15) is 0 Å². The summed E-state index contributed by atoms with van der Waals surface area (Å²) in [4.78, 5) is 49.7. The van der Waals surface area contributed by atoms with E-state index >= 15 is 0 Å². The van der Waals surface area contributed by atoms with Crippen molar-refractivity contribution in [3.8, 4) is 28.2 Å². The Morgan fingerprint density at radius 1 is 0.779 bits per heavy atom. The molecule has 0 unspecified atom stereocenters. The fourth-order valence-corrected chi connectivity index (χ4v) is 8.56. The van der Waals surface area contributed by atoms with Crippen LogP contribution >= 0.6 is 12.2 Å². The molecule has 2 saturated heterocycles.